The van der Waals surface area contributed by atoms with Gasteiger partial charge in [-0.3, -0.25) is 4.79 Å². The maximum Gasteiger partial charge on any atom is 0.264 e. The number of nitrogens with zero attached hydrogens (tertiary/aromatic N) is 5. The van der Waals surface area contributed by atoms with Gasteiger partial charge in [0.15, 0.2) is 0 Å². The second-order valence-corrected chi connectivity index (χ2v) is 13.4. The Kier molecular flexibility index (Phi) is 9.78. The van der Waals surface area contributed by atoms with Gasteiger partial charge in [-0.15, -0.1) is 0 Å². The van der Waals surface area contributed by atoms with Crippen LogP contribution in [0.2, 0.25) is 5.15 Å². The van der Waals surface area contributed by atoms with Crippen LogP contribution >= 0.6 is 11.6 Å². The molecule has 0 bridgehead atoms. The van der Waals surface area contributed by atoms with Gasteiger partial charge in [-0.05, 0) is 75.2 Å². The topological polar surface area (TPSA) is 77.1 Å². The third-order valence-electron chi connectivity index (χ3n) is 8.46. The number of rotatable bonds is 6. The van der Waals surface area contributed by atoms with E-state index in [-0.39, 0.29) is 34.6 Å². The maximum atomic E-state index is 13.0. The Morgan fingerprint density at radius 2 is 1.54 bits per heavy atom. The van der Waals surface area contributed by atoms with Crippen molar-refractivity contribution in [3.05, 3.63) is 47.1 Å². The van der Waals surface area contributed by atoms with Gasteiger partial charge in [0.2, 0.25) is 15.9 Å². The molecule has 1 aromatic heterocycles. The fourth-order valence-electron chi connectivity index (χ4n) is 5.97. The maximum absolute atomic E-state index is 13.0. The summed E-state index contributed by atoms with van der Waals surface area (Å²) in [5.74, 6) is 0.343. The second-order valence-electron chi connectivity index (χ2n) is 11.1. The van der Waals surface area contributed by atoms with Crippen molar-refractivity contribution in [2.75, 3.05) is 55.6 Å². The molecular weight excluding hydrogens is 572 g/mol. The molecule has 4 fully saturated rings. The zero-order chi connectivity index (χ0) is 29.0. The van der Waals surface area contributed by atoms with E-state index in [1.807, 2.05) is 0 Å². The highest BCUT2D eigenvalue weighted by Crippen LogP contribution is 2.29. The normalized spacial score (nSPS) is 21.1. The number of alkyl halides is 2. The SMILES string of the molecule is C1CCC(N2CCC2)CC1.O=C1CCCN1c1ccc(S(=O)(=O)N2CCN(c3cc(C(F)F)cc(Cl)n3)CC2)cc1. The first-order valence-corrected chi connectivity index (χ1v) is 16.4. The van der Waals surface area contributed by atoms with Crippen LogP contribution in [-0.2, 0) is 14.8 Å². The molecular formula is C29H38ClF2N5O3S. The molecule has 3 aliphatic heterocycles. The summed E-state index contributed by atoms with van der Waals surface area (Å²) in [6.45, 7) is 4.40. The van der Waals surface area contributed by atoms with Gasteiger partial charge in [0.25, 0.3) is 6.43 Å². The molecule has 0 radical (unpaired) electrons. The Hall–Kier alpha value is -2.34. The molecule has 0 spiro atoms. The number of pyridine rings is 1. The van der Waals surface area contributed by atoms with Crippen molar-refractivity contribution in [1.29, 1.82) is 0 Å². The Bertz CT molecular complexity index is 1300. The number of anilines is 2. The van der Waals surface area contributed by atoms with Crippen LogP contribution in [0, 0.1) is 0 Å². The number of amides is 1. The second kappa shape index (κ2) is 13.3. The average molecular weight is 610 g/mol. The van der Waals surface area contributed by atoms with Crippen LogP contribution in [0.4, 0.5) is 20.3 Å². The lowest BCUT2D eigenvalue weighted by atomic mass is 9.92. The van der Waals surface area contributed by atoms with Crippen molar-refractivity contribution in [2.45, 2.75) is 68.7 Å². The molecule has 4 heterocycles. The Morgan fingerprint density at radius 3 is 2.10 bits per heavy atom. The lowest BCUT2D eigenvalue weighted by Crippen LogP contribution is -2.49. The summed E-state index contributed by atoms with van der Waals surface area (Å²) >= 11 is 5.86. The first-order chi connectivity index (χ1) is 19.7. The smallest absolute Gasteiger partial charge is 0.264 e. The monoisotopic (exact) mass is 609 g/mol. The van der Waals surface area contributed by atoms with Crippen LogP contribution in [0.25, 0.3) is 0 Å². The third-order valence-corrected chi connectivity index (χ3v) is 10.6. The lowest BCUT2D eigenvalue weighted by Gasteiger charge is -2.40. The Balaban J connectivity index is 0.000000282. The molecule has 41 heavy (non-hydrogen) atoms. The van der Waals surface area contributed by atoms with Crippen LogP contribution in [0.1, 0.15) is 63.4 Å². The van der Waals surface area contributed by atoms with E-state index < -0.39 is 16.4 Å². The van der Waals surface area contributed by atoms with E-state index in [9.17, 15) is 22.0 Å². The summed E-state index contributed by atoms with van der Waals surface area (Å²) < 4.78 is 53.5. The highest BCUT2D eigenvalue weighted by Gasteiger charge is 2.30. The number of hydrogen-bond acceptors (Lipinski definition) is 6. The molecule has 224 valence electrons. The zero-order valence-electron chi connectivity index (χ0n) is 23.2. The number of likely N-dealkylation sites (tertiary alicyclic amines) is 1. The molecule has 12 heteroatoms. The Morgan fingerprint density at radius 1 is 0.854 bits per heavy atom. The van der Waals surface area contributed by atoms with Crippen LogP contribution in [0.15, 0.2) is 41.3 Å². The molecule has 1 aliphatic carbocycles. The fourth-order valence-corrected chi connectivity index (χ4v) is 7.60. The van der Waals surface area contributed by atoms with Crippen LogP contribution in [0.5, 0.6) is 0 Å². The minimum atomic E-state index is -3.71. The van der Waals surface area contributed by atoms with Gasteiger partial charge >= 0.3 is 0 Å². The molecule has 4 aliphatic rings. The van der Waals surface area contributed by atoms with Gasteiger partial charge in [0, 0.05) is 56.4 Å². The van der Waals surface area contributed by atoms with Gasteiger partial charge in [0.1, 0.15) is 11.0 Å². The minimum Gasteiger partial charge on any atom is -0.354 e. The summed E-state index contributed by atoms with van der Waals surface area (Å²) in [7, 11) is -3.71. The fraction of sp³-hybridized carbons (Fsp3) is 0.586. The van der Waals surface area contributed by atoms with Crippen molar-refractivity contribution >= 4 is 39.0 Å². The van der Waals surface area contributed by atoms with E-state index >= 15 is 0 Å². The van der Waals surface area contributed by atoms with Crippen molar-refractivity contribution in [1.82, 2.24) is 14.2 Å². The number of carbonyl (C=O) groups is 1. The summed E-state index contributed by atoms with van der Waals surface area (Å²) in [6.07, 6.45) is 7.52. The highest BCUT2D eigenvalue weighted by molar-refractivity contribution is 7.89. The van der Waals surface area contributed by atoms with Crippen molar-refractivity contribution < 1.29 is 22.0 Å². The largest absolute Gasteiger partial charge is 0.354 e. The quantitative estimate of drug-likeness (QED) is 0.412. The van der Waals surface area contributed by atoms with E-state index in [0.717, 1.165) is 18.5 Å². The number of piperazine rings is 1. The molecule has 6 rings (SSSR count). The van der Waals surface area contributed by atoms with E-state index in [1.54, 1.807) is 21.9 Å². The molecule has 0 atom stereocenters. The minimum absolute atomic E-state index is 0.0283. The number of carbonyl (C=O) groups excluding carboxylic acids is 1. The lowest BCUT2D eigenvalue weighted by molar-refractivity contribution is -0.117. The molecule has 1 aromatic carbocycles. The highest BCUT2D eigenvalue weighted by atomic mass is 35.5. The van der Waals surface area contributed by atoms with E-state index in [0.29, 0.717) is 37.6 Å². The van der Waals surface area contributed by atoms with Gasteiger partial charge in [-0.25, -0.2) is 22.2 Å². The molecule has 1 saturated carbocycles. The number of benzene rings is 1. The molecule has 2 aromatic rings. The first-order valence-electron chi connectivity index (χ1n) is 14.6. The predicted molar refractivity (Wildman–Crippen MR) is 156 cm³/mol. The van der Waals surface area contributed by atoms with Crippen molar-refractivity contribution in [3.63, 3.8) is 0 Å². The first kappa shape index (κ1) is 30.1. The molecule has 8 nitrogen and oxygen atoms in total. The summed E-state index contributed by atoms with van der Waals surface area (Å²) in [4.78, 5) is 22.2. The van der Waals surface area contributed by atoms with Gasteiger partial charge in [0.05, 0.1) is 4.90 Å². The van der Waals surface area contributed by atoms with Crippen molar-refractivity contribution in [2.24, 2.45) is 0 Å². The molecule has 1 amide bonds. The zero-order valence-corrected chi connectivity index (χ0v) is 24.8. The summed E-state index contributed by atoms with van der Waals surface area (Å²) in [5.41, 5.74) is 0.467. The van der Waals surface area contributed by atoms with Crippen LogP contribution < -0.4 is 9.80 Å². The van der Waals surface area contributed by atoms with E-state index in [1.165, 1.54) is 74.1 Å². The van der Waals surface area contributed by atoms with E-state index in [4.69, 9.17) is 11.6 Å². The number of aromatic nitrogens is 1. The van der Waals surface area contributed by atoms with Crippen LogP contribution in [0.3, 0.4) is 0 Å². The van der Waals surface area contributed by atoms with Crippen LogP contribution in [-0.4, -0.2) is 80.4 Å². The number of hydrogen-bond donors (Lipinski definition) is 0. The average Bonchev–Trinajstić information content (AvgIpc) is 3.38. The van der Waals surface area contributed by atoms with Gasteiger partial charge in [-0.1, -0.05) is 30.9 Å². The standard InChI is InChI=1S/C20H21ClF2N4O3S.C9H17N/c21-17-12-14(20(22)23)13-18(24-17)25-8-10-26(11-9-25)31(29,30)16-5-3-15(4-6-16)27-7-1-2-19(27)28;1-2-5-9(6-3-1)10-7-4-8-10/h3-6,12-13,20H,1-2,7-11H2;9H,1-8H2. The summed E-state index contributed by atoms with van der Waals surface area (Å²) in [5, 5.41) is -0.0283. The van der Waals surface area contributed by atoms with Gasteiger partial charge in [-0.2, -0.15) is 4.31 Å². The van der Waals surface area contributed by atoms with Gasteiger partial charge < -0.3 is 14.7 Å². The van der Waals surface area contributed by atoms with E-state index in [2.05, 4.69) is 9.88 Å². The third kappa shape index (κ3) is 7.18. The number of halogens is 3. The van der Waals surface area contributed by atoms with Crippen molar-refractivity contribution in [3.8, 4) is 0 Å². The number of sulfonamides is 1. The molecule has 0 N–H and O–H groups in total. The molecule has 3 saturated heterocycles. The summed E-state index contributed by atoms with van der Waals surface area (Å²) in [6, 6.07) is 9.70. The Labute approximate surface area is 246 Å². The molecule has 0 unspecified atom stereocenters. The predicted octanol–water partition coefficient (Wildman–Crippen LogP) is 5.34.